The largest absolute Gasteiger partial charge is 0.433 e. The third-order valence-corrected chi connectivity index (χ3v) is 4.61. The number of nitro groups is 1. The molecule has 12 heteroatoms. The molecule has 1 aromatic carbocycles. The Labute approximate surface area is 165 Å². The molecule has 0 atom stereocenters. The molecular weight excluding hydrogens is 415 g/mol. The van der Waals surface area contributed by atoms with Gasteiger partial charge < -0.3 is 5.32 Å². The lowest BCUT2D eigenvalue weighted by atomic mass is 10.2. The summed E-state index contributed by atoms with van der Waals surface area (Å²) in [5, 5.41) is 17.2. The van der Waals surface area contributed by atoms with E-state index in [4.69, 9.17) is 11.6 Å². The molecule has 0 saturated heterocycles. The van der Waals surface area contributed by atoms with Crippen molar-refractivity contribution in [3.05, 3.63) is 62.6 Å². The van der Waals surface area contributed by atoms with Crippen molar-refractivity contribution in [2.75, 3.05) is 5.32 Å². The normalized spacial score (nSPS) is 14.2. The molecule has 0 radical (unpaired) electrons. The lowest BCUT2D eigenvalue weighted by Gasteiger charge is -2.10. The fraction of sp³-hybridized carbons (Fsp3) is 0.235. The van der Waals surface area contributed by atoms with Gasteiger partial charge >= 0.3 is 6.18 Å². The second-order valence-corrected chi connectivity index (χ2v) is 6.95. The van der Waals surface area contributed by atoms with Gasteiger partial charge in [0.2, 0.25) is 0 Å². The van der Waals surface area contributed by atoms with Crippen molar-refractivity contribution in [2.45, 2.75) is 24.9 Å². The second-order valence-electron chi connectivity index (χ2n) is 6.51. The Kier molecular flexibility index (Phi) is 4.41. The number of nitro benzene ring substituents is 1. The monoisotopic (exact) mass is 425 g/mol. The number of hydrogen-bond acceptors (Lipinski definition) is 5. The van der Waals surface area contributed by atoms with E-state index in [9.17, 15) is 28.1 Å². The highest BCUT2D eigenvalue weighted by Crippen LogP contribution is 2.41. The number of rotatable bonds is 4. The van der Waals surface area contributed by atoms with Crippen LogP contribution < -0.4 is 5.32 Å². The number of halogens is 4. The summed E-state index contributed by atoms with van der Waals surface area (Å²) in [5.74, 6) is -0.952. The zero-order chi connectivity index (χ0) is 20.9. The Balaban J connectivity index is 1.73. The minimum absolute atomic E-state index is 0.0370. The third-order valence-electron chi connectivity index (χ3n) is 4.37. The van der Waals surface area contributed by atoms with Gasteiger partial charge in [-0.1, -0.05) is 11.6 Å². The van der Waals surface area contributed by atoms with Gasteiger partial charge in [0.05, 0.1) is 4.92 Å². The summed E-state index contributed by atoms with van der Waals surface area (Å²) in [4.78, 5) is 27.1. The van der Waals surface area contributed by atoms with E-state index in [1.807, 2.05) is 0 Å². The molecule has 0 unspecified atom stereocenters. The Bertz CT molecular complexity index is 1160. The van der Waals surface area contributed by atoms with Crippen LogP contribution in [0.3, 0.4) is 0 Å². The van der Waals surface area contributed by atoms with Crippen LogP contribution in [0.5, 0.6) is 0 Å². The van der Waals surface area contributed by atoms with Gasteiger partial charge in [0.25, 0.3) is 11.6 Å². The number of carbonyl (C=O) groups is 1. The molecule has 0 aliphatic heterocycles. The number of carbonyl (C=O) groups excluding carboxylic acids is 1. The standard InChI is InChI=1S/C17H11ClF3N5O3/c18-9-3-4-10(13(5-9)26(28)29)23-16(27)12-7-15-22-11(8-1-2-8)6-14(17(19,20)21)25(15)24-12/h3-8H,1-2H2,(H,23,27). The third kappa shape index (κ3) is 3.73. The number of alkyl halides is 3. The minimum atomic E-state index is -4.69. The predicted molar refractivity (Wildman–Crippen MR) is 96.0 cm³/mol. The van der Waals surface area contributed by atoms with Crippen molar-refractivity contribution in [3.8, 4) is 0 Å². The first-order chi connectivity index (χ1) is 13.6. The Hall–Kier alpha value is -3.21. The van der Waals surface area contributed by atoms with Crippen LogP contribution in [0.4, 0.5) is 24.5 Å². The van der Waals surface area contributed by atoms with Gasteiger partial charge in [0, 0.05) is 28.8 Å². The first-order valence-electron chi connectivity index (χ1n) is 8.36. The molecule has 2 heterocycles. The average Bonchev–Trinajstić information content (AvgIpc) is 3.40. The van der Waals surface area contributed by atoms with Gasteiger partial charge in [-0.3, -0.25) is 14.9 Å². The highest BCUT2D eigenvalue weighted by atomic mass is 35.5. The van der Waals surface area contributed by atoms with Crippen LogP contribution in [0, 0.1) is 10.1 Å². The van der Waals surface area contributed by atoms with Crippen molar-refractivity contribution in [3.63, 3.8) is 0 Å². The molecule has 8 nitrogen and oxygen atoms in total. The lowest BCUT2D eigenvalue weighted by molar-refractivity contribution is -0.383. The maximum atomic E-state index is 13.4. The van der Waals surface area contributed by atoms with E-state index < -0.39 is 28.4 Å². The highest BCUT2D eigenvalue weighted by molar-refractivity contribution is 6.31. The fourth-order valence-corrected chi connectivity index (χ4v) is 3.01. The van der Waals surface area contributed by atoms with E-state index in [1.165, 1.54) is 12.1 Å². The Morgan fingerprint density at radius 1 is 1.28 bits per heavy atom. The van der Waals surface area contributed by atoms with Crippen molar-refractivity contribution in [2.24, 2.45) is 0 Å². The van der Waals surface area contributed by atoms with Crippen LogP contribution >= 0.6 is 11.6 Å². The average molecular weight is 426 g/mol. The molecule has 0 spiro atoms. The maximum Gasteiger partial charge on any atom is 0.433 e. The molecule has 150 valence electrons. The summed E-state index contributed by atoms with van der Waals surface area (Å²) in [6.45, 7) is 0. The number of nitrogens with one attached hydrogen (secondary N) is 1. The van der Waals surface area contributed by atoms with Gasteiger partial charge in [-0.2, -0.15) is 18.3 Å². The first kappa shape index (κ1) is 19.1. The summed E-state index contributed by atoms with van der Waals surface area (Å²) in [6.07, 6.45) is -3.19. The van der Waals surface area contributed by atoms with Gasteiger partial charge in [0.1, 0.15) is 11.4 Å². The maximum absolute atomic E-state index is 13.4. The minimum Gasteiger partial charge on any atom is -0.315 e. The number of benzene rings is 1. The first-order valence-corrected chi connectivity index (χ1v) is 8.74. The van der Waals surface area contributed by atoms with E-state index in [0.717, 1.165) is 31.0 Å². The Morgan fingerprint density at radius 2 is 2.00 bits per heavy atom. The molecule has 1 aliphatic carbocycles. The zero-order valence-electron chi connectivity index (χ0n) is 14.4. The van der Waals surface area contributed by atoms with Crippen LogP contribution in [0.1, 0.15) is 40.6 Å². The molecule has 1 saturated carbocycles. The van der Waals surface area contributed by atoms with E-state index in [2.05, 4.69) is 15.4 Å². The molecule has 1 fully saturated rings. The quantitative estimate of drug-likeness (QED) is 0.491. The van der Waals surface area contributed by atoms with E-state index in [0.29, 0.717) is 10.2 Å². The van der Waals surface area contributed by atoms with Crippen molar-refractivity contribution in [1.82, 2.24) is 14.6 Å². The second kappa shape index (κ2) is 6.69. The van der Waals surface area contributed by atoms with E-state index in [1.54, 1.807) is 0 Å². The highest BCUT2D eigenvalue weighted by Gasteiger charge is 2.37. The topological polar surface area (TPSA) is 102 Å². The molecule has 4 rings (SSSR count). The van der Waals surface area contributed by atoms with Crippen molar-refractivity contribution < 1.29 is 22.9 Å². The van der Waals surface area contributed by atoms with E-state index >= 15 is 0 Å². The molecule has 29 heavy (non-hydrogen) atoms. The van der Waals surface area contributed by atoms with Gasteiger partial charge in [-0.05, 0) is 31.0 Å². The number of anilines is 1. The lowest BCUT2D eigenvalue weighted by Crippen LogP contribution is -2.16. The van der Waals surface area contributed by atoms with Crippen molar-refractivity contribution in [1.29, 1.82) is 0 Å². The molecule has 0 bridgehead atoms. The van der Waals surface area contributed by atoms with E-state index in [-0.39, 0.29) is 28.0 Å². The summed E-state index contributed by atoms with van der Waals surface area (Å²) in [6, 6.07) is 5.64. The van der Waals surface area contributed by atoms with Crippen LogP contribution in [0.25, 0.3) is 5.65 Å². The van der Waals surface area contributed by atoms with Crippen molar-refractivity contribution >= 4 is 34.5 Å². The molecular formula is C17H11ClF3N5O3. The smallest absolute Gasteiger partial charge is 0.315 e. The molecule has 1 N–H and O–H groups in total. The number of hydrogen-bond donors (Lipinski definition) is 1. The molecule has 1 amide bonds. The number of amides is 1. The van der Waals surface area contributed by atoms with Crippen LogP contribution in [-0.2, 0) is 6.18 Å². The summed E-state index contributed by atoms with van der Waals surface area (Å²) >= 11 is 5.73. The number of nitrogens with zero attached hydrogens (tertiary/aromatic N) is 4. The van der Waals surface area contributed by atoms with Crippen LogP contribution in [-0.4, -0.2) is 25.4 Å². The SMILES string of the molecule is O=C(Nc1ccc(Cl)cc1[N+](=O)[O-])c1cc2nc(C3CC3)cc(C(F)(F)F)n2n1. The fourth-order valence-electron chi connectivity index (χ4n) is 2.84. The summed E-state index contributed by atoms with van der Waals surface area (Å²) < 4.78 is 40.9. The zero-order valence-corrected chi connectivity index (χ0v) is 15.2. The summed E-state index contributed by atoms with van der Waals surface area (Å²) in [7, 11) is 0. The number of fused-ring (bicyclic) bond motifs is 1. The van der Waals surface area contributed by atoms with Gasteiger partial charge in [-0.15, -0.1) is 0 Å². The van der Waals surface area contributed by atoms with Crippen LogP contribution in [0.2, 0.25) is 5.02 Å². The summed E-state index contributed by atoms with van der Waals surface area (Å²) in [5.41, 5.74) is -1.85. The van der Waals surface area contributed by atoms with Gasteiger partial charge in [0.15, 0.2) is 11.3 Å². The predicted octanol–water partition coefficient (Wildman–Crippen LogP) is 4.44. The Morgan fingerprint density at radius 3 is 2.62 bits per heavy atom. The molecule has 2 aromatic heterocycles. The molecule has 1 aliphatic rings. The molecule has 3 aromatic rings. The van der Waals surface area contributed by atoms with Gasteiger partial charge in [-0.25, -0.2) is 9.50 Å². The van der Waals surface area contributed by atoms with Crippen LogP contribution in [0.15, 0.2) is 30.3 Å². The number of aromatic nitrogens is 3.